The van der Waals surface area contributed by atoms with Crippen LogP contribution in [0.5, 0.6) is 0 Å². The summed E-state index contributed by atoms with van der Waals surface area (Å²) < 4.78 is 5.61. The molecule has 1 aromatic rings. The third-order valence-corrected chi connectivity index (χ3v) is 3.20. The van der Waals surface area contributed by atoms with Gasteiger partial charge in [-0.2, -0.15) is 0 Å². The molecule has 1 amide bonds. The Kier molecular flexibility index (Phi) is 4.59. The molecular weight excluding hydrogens is 228 g/mol. The number of nitrogens with one attached hydrogen (secondary N) is 1. The summed E-state index contributed by atoms with van der Waals surface area (Å²) >= 11 is 0. The van der Waals surface area contributed by atoms with Gasteiger partial charge in [-0.25, -0.2) is 0 Å². The Balaban J connectivity index is 1.72. The monoisotopic (exact) mass is 248 g/mol. The molecule has 0 saturated carbocycles. The van der Waals surface area contributed by atoms with E-state index in [-0.39, 0.29) is 5.91 Å². The molecular formula is C14H20N2O2. The molecule has 0 aromatic heterocycles. The van der Waals surface area contributed by atoms with Crippen molar-refractivity contribution in [3.8, 4) is 0 Å². The zero-order valence-electron chi connectivity index (χ0n) is 10.5. The van der Waals surface area contributed by atoms with Gasteiger partial charge in [0.25, 0.3) is 5.91 Å². The van der Waals surface area contributed by atoms with Gasteiger partial charge in [0.05, 0.1) is 6.10 Å². The lowest BCUT2D eigenvalue weighted by Gasteiger charge is -2.22. The number of ether oxygens (including phenoxy) is 1. The van der Waals surface area contributed by atoms with Gasteiger partial charge in [0.2, 0.25) is 0 Å². The lowest BCUT2D eigenvalue weighted by Crippen LogP contribution is -2.29. The van der Waals surface area contributed by atoms with Crippen molar-refractivity contribution in [1.29, 1.82) is 0 Å². The van der Waals surface area contributed by atoms with E-state index in [4.69, 9.17) is 10.5 Å². The number of hydrogen-bond acceptors (Lipinski definition) is 3. The second kappa shape index (κ2) is 6.40. The van der Waals surface area contributed by atoms with Crippen LogP contribution in [0.2, 0.25) is 0 Å². The van der Waals surface area contributed by atoms with Crippen LogP contribution < -0.4 is 11.1 Å². The van der Waals surface area contributed by atoms with Crippen molar-refractivity contribution in [3.63, 3.8) is 0 Å². The van der Waals surface area contributed by atoms with E-state index in [2.05, 4.69) is 5.32 Å². The molecule has 1 aliphatic rings. The number of hydrogen-bond donors (Lipinski definition) is 2. The average molecular weight is 248 g/mol. The van der Waals surface area contributed by atoms with Crippen molar-refractivity contribution in [3.05, 3.63) is 29.8 Å². The van der Waals surface area contributed by atoms with Crippen molar-refractivity contribution < 1.29 is 9.53 Å². The van der Waals surface area contributed by atoms with E-state index in [1.807, 2.05) is 0 Å². The highest BCUT2D eigenvalue weighted by molar-refractivity contribution is 5.94. The SMILES string of the molecule is Nc1ccc(C(=O)NCCC2CCCCO2)cc1. The lowest BCUT2D eigenvalue weighted by atomic mass is 10.1. The van der Waals surface area contributed by atoms with Gasteiger partial charge >= 0.3 is 0 Å². The molecule has 98 valence electrons. The first kappa shape index (κ1) is 12.9. The van der Waals surface area contributed by atoms with Gasteiger partial charge in [0.1, 0.15) is 0 Å². The fraction of sp³-hybridized carbons (Fsp3) is 0.500. The molecule has 0 bridgehead atoms. The van der Waals surface area contributed by atoms with Gasteiger partial charge in [-0.3, -0.25) is 4.79 Å². The van der Waals surface area contributed by atoms with Crippen molar-refractivity contribution in [2.45, 2.75) is 31.8 Å². The summed E-state index contributed by atoms with van der Waals surface area (Å²) in [5.41, 5.74) is 6.89. The summed E-state index contributed by atoms with van der Waals surface area (Å²) in [5, 5.41) is 2.91. The predicted octanol–water partition coefficient (Wildman–Crippen LogP) is 1.96. The van der Waals surface area contributed by atoms with Gasteiger partial charge in [-0.15, -0.1) is 0 Å². The Morgan fingerprint density at radius 2 is 2.11 bits per heavy atom. The molecule has 1 heterocycles. The quantitative estimate of drug-likeness (QED) is 0.800. The Bertz CT molecular complexity index is 383. The van der Waals surface area contributed by atoms with Crippen LogP contribution >= 0.6 is 0 Å². The van der Waals surface area contributed by atoms with Gasteiger partial charge < -0.3 is 15.8 Å². The molecule has 1 fully saturated rings. The van der Waals surface area contributed by atoms with E-state index in [1.54, 1.807) is 24.3 Å². The minimum atomic E-state index is -0.0502. The van der Waals surface area contributed by atoms with Crippen molar-refractivity contribution in [2.24, 2.45) is 0 Å². The topological polar surface area (TPSA) is 64.4 Å². The number of carbonyl (C=O) groups is 1. The van der Waals surface area contributed by atoms with Crippen LogP contribution in [-0.2, 0) is 4.74 Å². The summed E-state index contributed by atoms with van der Waals surface area (Å²) in [6.45, 7) is 1.52. The summed E-state index contributed by atoms with van der Waals surface area (Å²) in [4.78, 5) is 11.8. The largest absolute Gasteiger partial charge is 0.399 e. The molecule has 3 N–H and O–H groups in total. The van der Waals surface area contributed by atoms with Crippen LogP contribution in [-0.4, -0.2) is 25.2 Å². The molecule has 1 aromatic carbocycles. The Morgan fingerprint density at radius 3 is 2.78 bits per heavy atom. The van der Waals surface area contributed by atoms with E-state index in [1.165, 1.54) is 6.42 Å². The third kappa shape index (κ3) is 3.74. The number of nitrogens with two attached hydrogens (primary N) is 1. The average Bonchev–Trinajstić information content (AvgIpc) is 2.40. The number of nitrogen functional groups attached to an aromatic ring is 1. The second-order valence-electron chi connectivity index (χ2n) is 4.66. The molecule has 1 aliphatic heterocycles. The van der Waals surface area contributed by atoms with Crippen LogP contribution in [0.15, 0.2) is 24.3 Å². The van der Waals surface area contributed by atoms with E-state index in [0.29, 0.717) is 23.9 Å². The Labute approximate surface area is 108 Å². The fourth-order valence-electron chi connectivity index (χ4n) is 2.12. The Morgan fingerprint density at radius 1 is 1.33 bits per heavy atom. The highest BCUT2D eigenvalue weighted by Crippen LogP contribution is 2.15. The zero-order chi connectivity index (χ0) is 12.8. The number of benzene rings is 1. The van der Waals surface area contributed by atoms with Crippen molar-refractivity contribution >= 4 is 11.6 Å². The van der Waals surface area contributed by atoms with Crippen LogP contribution in [0.1, 0.15) is 36.0 Å². The van der Waals surface area contributed by atoms with Gasteiger partial charge in [-0.05, 0) is 49.9 Å². The molecule has 4 heteroatoms. The minimum absolute atomic E-state index is 0.0502. The molecule has 0 radical (unpaired) electrons. The van der Waals surface area contributed by atoms with Gasteiger partial charge in [-0.1, -0.05) is 0 Å². The first-order chi connectivity index (χ1) is 8.75. The molecule has 1 saturated heterocycles. The highest BCUT2D eigenvalue weighted by atomic mass is 16.5. The zero-order valence-corrected chi connectivity index (χ0v) is 10.5. The van der Waals surface area contributed by atoms with Crippen LogP contribution in [0.4, 0.5) is 5.69 Å². The number of anilines is 1. The van der Waals surface area contributed by atoms with E-state index >= 15 is 0 Å². The second-order valence-corrected chi connectivity index (χ2v) is 4.66. The van der Waals surface area contributed by atoms with E-state index in [0.717, 1.165) is 25.9 Å². The maximum Gasteiger partial charge on any atom is 0.251 e. The van der Waals surface area contributed by atoms with E-state index < -0.39 is 0 Å². The molecule has 4 nitrogen and oxygen atoms in total. The standard InChI is InChI=1S/C14H20N2O2/c15-12-6-4-11(5-7-12)14(17)16-9-8-13-3-1-2-10-18-13/h4-7,13H,1-3,8-10,15H2,(H,16,17). The summed E-state index contributed by atoms with van der Waals surface area (Å²) in [7, 11) is 0. The lowest BCUT2D eigenvalue weighted by molar-refractivity contribution is 0.0117. The predicted molar refractivity (Wildman–Crippen MR) is 71.4 cm³/mol. The maximum atomic E-state index is 11.8. The van der Waals surface area contributed by atoms with Crippen LogP contribution in [0, 0.1) is 0 Å². The maximum absolute atomic E-state index is 11.8. The smallest absolute Gasteiger partial charge is 0.251 e. The van der Waals surface area contributed by atoms with Crippen LogP contribution in [0.3, 0.4) is 0 Å². The summed E-state index contributed by atoms with van der Waals surface area (Å²) in [6.07, 6.45) is 4.70. The molecule has 0 aliphatic carbocycles. The molecule has 2 rings (SSSR count). The molecule has 18 heavy (non-hydrogen) atoms. The number of rotatable bonds is 4. The van der Waals surface area contributed by atoms with E-state index in [9.17, 15) is 4.79 Å². The first-order valence-corrected chi connectivity index (χ1v) is 6.51. The molecule has 1 atom stereocenters. The van der Waals surface area contributed by atoms with Crippen molar-refractivity contribution in [2.75, 3.05) is 18.9 Å². The third-order valence-electron chi connectivity index (χ3n) is 3.20. The normalized spacial score (nSPS) is 19.4. The van der Waals surface area contributed by atoms with Gasteiger partial charge in [0.15, 0.2) is 0 Å². The number of amides is 1. The van der Waals surface area contributed by atoms with Crippen molar-refractivity contribution in [1.82, 2.24) is 5.32 Å². The minimum Gasteiger partial charge on any atom is -0.399 e. The molecule has 0 spiro atoms. The first-order valence-electron chi connectivity index (χ1n) is 6.51. The summed E-state index contributed by atoms with van der Waals surface area (Å²) in [5.74, 6) is -0.0502. The van der Waals surface area contributed by atoms with Gasteiger partial charge in [0, 0.05) is 24.4 Å². The fourth-order valence-corrected chi connectivity index (χ4v) is 2.12. The number of carbonyl (C=O) groups excluding carboxylic acids is 1. The molecule has 1 unspecified atom stereocenters. The highest BCUT2D eigenvalue weighted by Gasteiger charge is 2.13. The Hall–Kier alpha value is -1.55. The van der Waals surface area contributed by atoms with Crippen LogP contribution in [0.25, 0.3) is 0 Å². The summed E-state index contributed by atoms with van der Waals surface area (Å²) in [6, 6.07) is 6.95.